The molecule has 0 saturated heterocycles. The van der Waals surface area contributed by atoms with Crippen LogP contribution in [0, 0.1) is 12.3 Å². The fourth-order valence-corrected chi connectivity index (χ4v) is 2.56. The van der Waals surface area contributed by atoms with Crippen molar-refractivity contribution in [1.29, 1.82) is 0 Å². The highest BCUT2D eigenvalue weighted by Crippen LogP contribution is 2.35. The predicted octanol–water partition coefficient (Wildman–Crippen LogP) is 1.13. The molecule has 1 unspecified atom stereocenters. The van der Waals surface area contributed by atoms with Crippen LogP contribution in [0.15, 0.2) is 18.3 Å². The summed E-state index contributed by atoms with van der Waals surface area (Å²) < 4.78 is 5.16. The summed E-state index contributed by atoms with van der Waals surface area (Å²) in [5, 5.41) is 1.11. The summed E-state index contributed by atoms with van der Waals surface area (Å²) in [5.74, 6) is 1.79. The van der Waals surface area contributed by atoms with E-state index in [0.717, 1.165) is 28.5 Å². The van der Waals surface area contributed by atoms with E-state index in [0.29, 0.717) is 12.2 Å². The Bertz CT molecular complexity index is 679. The first-order valence-electron chi connectivity index (χ1n) is 5.75. The fourth-order valence-electron chi connectivity index (χ4n) is 2.56. The van der Waals surface area contributed by atoms with Crippen LogP contribution >= 0.6 is 0 Å². The van der Waals surface area contributed by atoms with Crippen molar-refractivity contribution in [3.63, 3.8) is 0 Å². The van der Waals surface area contributed by atoms with Gasteiger partial charge in [0.2, 0.25) is 0 Å². The number of hydrogen-bond donors (Lipinski definition) is 2. The van der Waals surface area contributed by atoms with E-state index >= 15 is 0 Å². The topological polar surface area (TPSA) is 68.1 Å². The highest BCUT2D eigenvalue weighted by atomic mass is 16.5. The molecule has 4 heteroatoms. The maximum atomic E-state index is 11.2. The van der Waals surface area contributed by atoms with Gasteiger partial charge in [-0.25, -0.2) is 4.79 Å². The van der Waals surface area contributed by atoms with E-state index in [4.69, 9.17) is 16.9 Å². The van der Waals surface area contributed by atoms with Gasteiger partial charge in [0.25, 0.3) is 0 Å². The summed E-state index contributed by atoms with van der Waals surface area (Å²) in [6.45, 7) is 0. The van der Waals surface area contributed by atoms with Crippen LogP contribution in [-0.2, 0) is 17.6 Å². The third-order valence-corrected chi connectivity index (χ3v) is 3.26. The van der Waals surface area contributed by atoms with Gasteiger partial charge in [0.15, 0.2) is 0 Å². The van der Waals surface area contributed by atoms with E-state index in [-0.39, 0.29) is 6.04 Å². The van der Waals surface area contributed by atoms with Crippen LogP contribution in [0.3, 0.4) is 0 Å². The number of terminal acetylenes is 1. The van der Waals surface area contributed by atoms with Crippen LogP contribution in [0.5, 0.6) is 5.75 Å². The third kappa shape index (κ3) is 1.57. The minimum atomic E-state index is -0.679. The zero-order valence-corrected chi connectivity index (χ0v) is 9.69. The molecular formula is C14H12N2O2. The van der Waals surface area contributed by atoms with E-state index < -0.39 is 5.97 Å². The molecule has 0 fully saturated rings. The Morgan fingerprint density at radius 3 is 3.11 bits per heavy atom. The van der Waals surface area contributed by atoms with Crippen molar-refractivity contribution in [2.24, 2.45) is 5.73 Å². The highest BCUT2D eigenvalue weighted by molar-refractivity contribution is 5.93. The number of carbonyl (C=O) groups excluding carboxylic acids is 1. The van der Waals surface area contributed by atoms with Gasteiger partial charge in [-0.15, -0.1) is 6.42 Å². The summed E-state index contributed by atoms with van der Waals surface area (Å²) in [7, 11) is 0. The molecule has 3 rings (SSSR count). The number of H-pyrrole nitrogens is 1. The molecule has 1 heterocycles. The normalized spacial score (nSPS) is 17.4. The lowest BCUT2D eigenvalue weighted by Crippen LogP contribution is -2.28. The molecule has 90 valence electrons. The molecule has 18 heavy (non-hydrogen) atoms. The van der Waals surface area contributed by atoms with Crippen LogP contribution in [0.1, 0.15) is 11.1 Å². The van der Waals surface area contributed by atoms with Crippen molar-refractivity contribution < 1.29 is 9.53 Å². The quantitative estimate of drug-likeness (QED) is 0.340. The lowest BCUT2D eigenvalue weighted by Gasteiger charge is -2.20. The number of nitrogens with one attached hydrogen (secondary N) is 1. The minimum Gasteiger partial charge on any atom is -0.417 e. The summed E-state index contributed by atoms with van der Waals surface area (Å²) in [6, 6.07) is 3.69. The van der Waals surface area contributed by atoms with Gasteiger partial charge in [0, 0.05) is 34.6 Å². The Balaban J connectivity index is 2.18. The van der Waals surface area contributed by atoms with Crippen molar-refractivity contribution in [3.8, 4) is 18.1 Å². The summed E-state index contributed by atoms with van der Waals surface area (Å²) in [4.78, 5) is 14.4. The van der Waals surface area contributed by atoms with Gasteiger partial charge < -0.3 is 15.5 Å². The molecule has 0 saturated carbocycles. The van der Waals surface area contributed by atoms with E-state index in [1.807, 2.05) is 18.2 Å². The van der Waals surface area contributed by atoms with Gasteiger partial charge in [-0.05, 0) is 30.5 Å². The number of benzene rings is 1. The molecule has 3 N–H and O–H groups in total. The molecule has 0 aliphatic heterocycles. The number of nitrogens with two attached hydrogens (primary N) is 1. The molecule has 1 aliphatic carbocycles. The molecular weight excluding hydrogens is 228 g/mol. The molecule has 2 aromatic rings. The van der Waals surface area contributed by atoms with Gasteiger partial charge in [-0.2, -0.15) is 0 Å². The predicted molar refractivity (Wildman–Crippen MR) is 68.2 cm³/mol. The molecule has 0 bridgehead atoms. The maximum absolute atomic E-state index is 11.2. The van der Waals surface area contributed by atoms with Gasteiger partial charge in [0.05, 0.1) is 0 Å². The number of esters is 1. The van der Waals surface area contributed by atoms with Crippen molar-refractivity contribution in [3.05, 3.63) is 29.5 Å². The number of aromatic nitrogens is 1. The molecule has 0 spiro atoms. The van der Waals surface area contributed by atoms with Crippen LogP contribution < -0.4 is 10.5 Å². The van der Waals surface area contributed by atoms with Crippen molar-refractivity contribution in [2.75, 3.05) is 0 Å². The number of ether oxygens (including phenoxy) is 1. The number of carbonyl (C=O) groups is 1. The lowest BCUT2D eigenvalue weighted by molar-refractivity contribution is -0.128. The Morgan fingerprint density at radius 2 is 2.33 bits per heavy atom. The second kappa shape index (κ2) is 3.90. The van der Waals surface area contributed by atoms with Crippen molar-refractivity contribution in [2.45, 2.75) is 18.9 Å². The summed E-state index contributed by atoms with van der Waals surface area (Å²) >= 11 is 0. The minimum absolute atomic E-state index is 0.0437. The van der Waals surface area contributed by atoms with Crippen LogP contribution in [0.4, 0.5) is 0 Å². The van der Waals surface area contributed by atoms with E-state index in [1.54, 1.807) is 6.07 Å². The zero-order valence-electron chi connectivity index (χ0n) is 9.69. The summed E-state index contributed by atoms with van der Waals surface area (Å²) in [5.41, 5.74) is 9.18. The first-order valence-corrected chi connectivity index (χ1v) is 5.75. The standard InChI is InChI=1S/C14H12N2O2/c1-2-13(17)18-12-4-3-11-14-8(7-16-11)5-9(15)6-10(12)14/h1,3-4,7,9,16H,5-6,15H2. The van der Waals surface area contributed by atoms with Crippen molar-refractivity contribution in [1.82, 2.24) is 4.98 Å². The average molecular weight is 240 g/mol. The average Bonchev–Trinajstić information content (AvgIpc) is 2.76. The largest absolute Gasteiger partial charge is 0.417 e. The third-order valence-electron chi connectivity index (χ3n) is 3.26. The fraction of sp³-hybridized carbons (Fsp3) is 0.214. The van der Waals surface area contributed by atoms with Gasteiger partial charge in [-0.1, -0.05) is 0 Å². The zero-order chi connectivity index (χ0) is 12.7. The maximum Gasteiger partial charge on any atom is 0.389 e. The van der Waals surface area contributed by atoms with E-state index in [2.05, 4.69) is 4.98 Å². The monoisotopic (exact) mass is 240 g/mol. The first kappa shape index (κ1) is 10.9. The number of rotatable bonds is 1. The second-order valence-corrected chi connectivity index (χ2v) is 4.48. The Kier molecular flexibility index (Phi) is 2.35. The van der Waals surface area contributed by atoms with Gasteiger partial charge in [0.1, 0.15) is 5.75 Å². The number of hydrogen-bond acceptors (Lipinski definition) is 3. The van der Waals surface area contributed by atoms with Gasteiger partial charge >= 0.3 is 5.97 Å². The molecule has 4 nitrogen and oxygen atoms in total. The highest BCUT2D eigenvalue weighted by Gasteiger charge is 2.23. The first-order chi connectivity index (χ1) is 8.69. The van der Waals surface area contributed by atoms with Crippen LogP contribution in [0.2, 0.25) is 0 Å². The summed E-state index contributed by atoms with van der Waals surface area (Å²) in [6.07, 6.45) is 8.50. The number of aromatic amines is 1. The SMILES string of the molecule is C#CC(=O)Oc1ccc2[nH]cc3c2c1CC(N)C3. The van der Waals surface area contributed by atoms with Crippen molar-refractivity contribution >= 4 is 16.9 Å². The Labute approximate surface area is 104 Å². The van der Waals surface area contributed by atoms with Crippen LogP contribution in [0.25, 0.3) is 10.9 Å². The second-order valence-electron chi connectivity index (χ2n) is 4.48. The van der Waals surface area contributed by atoms with E-state index in [1.165, 1.54) is 0 Å². The molecule has 1 atom stereocenters. The molecule has 0 radical (unpaired) electrons. The molecule has 0 amide bonds. The smallest absolute Gasteiger partial charge is 0.389 e. The van der Waals surface area contributed by atoms with Crippen LogP contribution in [-0.4, -0.2) is 17.0 Å². The Morgan fingerprint density at radius 1 is 1.50 bits per heavy atom. The Hall–Kier alpha value is -2.25. The molecule has 1 aromatic carbocycles. The van der Waals surface area contributed by atoms with E-state index in [9.17, 15) is 4.79 Å². The lowest BCUT2D eigenvalue weighted by atomic mass is 9.89. The van der Waals surface area contributed by atoms with Gasteiger partial charge in [-0.3, -0.25) is 0 Å². The molecule has 1 aromatic heterocycles. The molecule has 1 aliphatic rings.